The summed E-state index contributed by atoms with van der Waals surface area (Å²) in [6.45, 7) is 4.61. The van der Waals surface area contributed by atoms with Crippen LogP contribution in [0.4, 0.5) is 5.69 Å². The third-order valence-corrected chi connectivity index (χ3v) is 4.51. The van der Waals surface area contributed by atoms with Gasteiger partial charge >= 0.3 is 5.97 Å². The minimum absolute atomic E-state index is 0.0242. The summed E-state index contributed by atoms with van der Waals surface area (Å²) in [5.74, 6) is -0.00568. The zero-order valence-electron chi connectivity index (χ0n) is 14.8. The highest BCUT2D eigenvalue weighted by atomic mass is 35.5. The number of benzene rings is 2. The monoisotopic (exact) mass is 372 g/mol. The zero-order chi connectivity index (χ0) is 18.7. The Kier molecular flexibility index (Phi) is 5.47. The van der Waals surface area contributed by atoms with Crippen molar-refractivity contribution in [3.8, 4) is 5.75 Å². The lowest BCUT2D eigenvalue weighted by Gasteiger charge is -2.33. The van der Waals surface area contributed by atoms with E-state index in [-0.39, 0.29) is 31.0 Å². The molecule has 0 atom stereocenters. The standard InChI is InChI=1S/C20H21ClN2O3/c1-14(2)23(11-15-6-4-3-5-7-15)19(24)12-22-13-20(25)26-18-9-8-16(21)10-17(18)22/h3-10,14H,11-13H2,1-2H3. The molecule has 26 heavy (non-hydrogen) atoms. The fraction of sp³-hybridized carbons (Fsp3) is 0.300. The first-order valence-electron chi connectivity index (χ1n) is 8.52. The van der Waals surface area contributed by atoms with Crippen LogP contribution in [0.3, 0.4) is 0 Å². The number of hydrogen-bond acceptors (Lipinski definition) is 4. The van der Waals surface area contributed by atoms with Crippen molar-refractivity contribution in [2.75, 3.05) is 18.0 Å². The highest BCUT2D eigenvalue weighted by molar-refractivity contribution is 6.31. The molecule has 3 rings (SSSR count). The molecule has 0 aliphatic carbocycles. The molecule has 1 aliphatic heterocycles. The van der Waals surface area contributed by atoms with Crippen LogP contribution in [-0.4, -0.2) is 35.9 Å². The van der Waals surface area contributed by atoms with Crippen molar-refractivity contribution in [2.45, 2.75) is 26.4 Å². The predicted octanol–water partition coefficient (Wildman–Crippen LogP) is 3.50. The van der Waals surface area contributed by atoms with Gasteiger partial charge in [0.05, 0.1) is 12.2 Å². The fourth-order valence-electron chi connectivity index (χ4n) is 2.95. The minimum atomic E-state index is -0.383. The predicted molar refractivity (Wildman–Crippen MR) is 101 cm³/mol. The number of hydrogen-bond donors (Lipinski definition) is 0. The molecule has 0 aromatic heterocycles. The Labute approximate surface area is 158 Å². The van der Waals surface area contributed by atoms with E-state index in [1.165, 1.54) is 0 Å². The molecule has 0 spiro atoms. The van der Waals surface area contributed by atoms with E-state index in [0.29, 0.717) is 23.0 Å². The van der Waals surface area contributed by atoms with Crippen LogP contribution in [0.2, 0.25) is 5.02 Å². The second-order valence-electron chi connectivity index (χ2n) is 6.54. The van der Waals surface area contributed by atoms with Gasteiger partial charge in [-0.2, -0.15) is 0 Å². The van der Waals surface area contributed by atoms with Crippen LogP contribution in [0.25, 0.3) is 0 Å². The van der Waals surface area contributed by atoms with E-state index in [4.69, 9.17) is 16.3 Å². The topological polar surface area (TPSA) is 49.9 Å². The molecule has 0 saturated heterocycles. The highest BCUT2D eigenvalue weighted by Gasteiger charge is 2.28. The maximum Gasteiger partial charge on any atom is 0.331 e. The molecule has 1 heterocycles. The van der Waals surface area contributed by atoms with Crippen molar-refractivity contribution < 1.29 is 14.3 Å². The molecule has 5 nitrogen and oxygen atoms in total. The molecular formula is C20H21ClN2O3. The third kappa shape index (κ3) is 4.17. The van der Waals surface area contributed by atoms with Crippen LogP contribution in [0.15, 0.2) is 48.5 Å². The molecule has 0 bridgehead atoms. The molecule has 0 fully saturated rings. The van der Waals surface area contributed by atoms with Crippen molar-refractivity contribution in [3.63, 3.8) is 0 Å². The average Bonchev–Trinajstić information content (AvgIpc) is 2.60. The lowest BCUT2D eigenvalue weighted by molar-refractivity contribution is -0.134. The summed E-state index contributed by atoms with van der Waals surface area (Å²) in [7, 11) is 0. The number of anilines is 1. The van der Waals surface area contributed by atoms with Gasteiger partial charge in [-0.1, -0.05) is 41.9 Å². The van der Waals surface area contributed by atoms with Crippen LogP contribution in [0.5, 0.6) is 5.75 Å². The summed E-state index contributed by atoms with van der Waals surface area (Å²) in [4.78, 5) is 28.4. The first-order chi connectivity index (χ1) is 12.4. The van der Waals surface area contributed by atoms with Crippen molar-refractivity contribution >= 4 is 29.2 Å². The van der Waals surface area contributed by atoms with Crippen LogP contribution < -0.4 is 9.64 Å². The van der Waals surface area contributed by atoms with Gasteiger partial charge in [0.1, 0.15) is 6.54 Å². The Morgan fingerprint density at radius 3 is 2.65 bits per heavy atom. The molecule has 0 saturated carbocycles. The second-order valence-corrected chi connectivity index (χ2v) is 6.98. The normalized spacial score (nSPS) is 13.4. The number of halogens is 1. The molecule has 1 aliphatic rings. The SMILES string of the molecule is CC(C)N(Cc1ccccc1)C(=O)CN1CC(=O)Oc2ccc(Cl)cc21. The quantitative estimate of drug-likeness (QED) is 0.595. The van der Waals surface area contributed by atoms with Gasteiger partial charge in [0.15, 0.2) is 5.75 Å². The van der Waals surface area contributed by atoms with Gasteiger partial charge in [-0.05, 0) is 37.6 Å². The van der Waals surface area contributed by atoms with Crippen molar-refractivity contribution in [1.82, 2.24) is 4.90 Å². The molecule has 1 amide bonds. The molecule has 0 radical (unpaired) electrons. The summed E-state index contributed by atoms with van der Waals surface area (Å²) in [6, 6.07) is 14.9. The van der Waals surface area contributed by atoms with Crippen molar-refractivity contribution in [2.24, 2.45) is 0 Å². The van der Waals surface area contributed by atoms with E-state index >= 15 is 0 Å². The molecule has 2 aromatic rings. The van der Waals surface area contributed by atoms with Crippen molar-refractivity contribution in [1.29, 1.82) is 0 Å². The van der Waals surface area contributed by atoms with E-state index in [1.54, 1.807) is 28.0 Å². The fourth-order valence-corrected chi connectivity index (χ4v) is 3.12. The summed E-state index contributed by atoms with van der Waals surface area (Å²) in [6.07, 6.45) is 0. The summed E-state index contributed by atoms with van der Waals surface area (Å²) < 4.78 is 5.24. The van der Waals surface area contributed by atoms with E-state index in [2.05, 4.69) is 0 Å². The Morgan fingerprint density at radius 2 is 1.96 bits per heavy atom. The number of fused-ring (bicyclic) bond motifs is 1. The number of amides is 1. The average molecular weight is 373 g/mol. The number of nitrogens with zero attached hydrogens (tertiary/aromatic N) is 2. The lowest BCUT2D eigenvalue weighted by Crippen LogP contribution is -2.46. The maximum atomic E-state index is 13.0. The Balaban J connectivity index is 1.79. The Bertz CT molecular complexity index is 808. The van der Waals surface area contributed by atoms with Gasteiger partial charge in [-0.3, -0.25) is 4.79 Å². The van der Waals surface area contributed by atoms with Gasteiger partial charge in [0.2, 0.25) is 5.91 Å². The largest absolute Gasteiger partial charge is 0.423 e. The molecular weight excluding hydrogens is 352 g/mol. The van der Waals surface area contributed by atoms with Crippen LogP contribution in [0.1, 0.15) is 19.4 Å². The van der Waals surface area contributed by atoms with Crippen LogP contribution in [-0.2, 0) is 16.1 Å². The first kappa shape index (κ1) is 18.3. The molecule has 2 aromatic carbocycles. The van der Waals surface area contributed by atoms with Gasteiger partial charge in [-0.15, -0.1) is 0 Å². The van der Waals surface area contributed by atoms with Crippen LogP contribution >= 0.6 is 11.6 Å². The minimum Gasteiger partial charge on any atom is -0.423 e. The summed E-state index contributed by atoms with van der Waals surface area (Å²) in [5, 5.41) is 0.532. The molecule has 0 N–H and O–H groups in total. The zero-order valence-corrected chi connectivity index (χ0v) is 15.6. The maximum absolute atomic E-state index is 13.0. The number of esters is 1. The smallest absolute Gasteiger partial charge is 0.331 e. The van der Waals surface area contributed by atoms with E-state index in [9.17, 15) is 9.59 Å². The number of carbonyl (C=O) groups is 2. The van der Waals surface area contributed by atoms with Gasteiger partial charge in [-0.25, -0.2) is 4.79 Å². The van der Waals surface area contributed by atoms with Crippen molar-refractivity contribution in [3.05, 3.63) is 59.1 Å². The molecule has 136 valence electrons. The summed E-state index contributed by atoms with van der Waals surface area (Å²) >= 11 is 6.07. The van der Waals surface area contributed by atoms with Gasteiger partial charge in [0, 0.05) is 17.6 Å². The summed E-state index contributed by atoms with van der Waals surface area (Å²) in [5.41, 5.74) is 1.73. The van der Waals surface area contributed by atoms with Gasteiger partial charge < -0.3 is 14.5 Å². The number of rotatable bonds is 5. The Morgan fingerprint density at radius 1 is 1.23 bits per heavy atom. The lowest BCUT2D eigenvalue weighted by atomic mass is 10.1. The number of carbonyl (C=O) groups excluding carboxylic acids is 2. The van der Waals surface area contributed by atoms with Crippen LogP contribution in [0, 0.1) is 0 Å². The third-order valence-electron chi connectivity index (χ3n) is 4.27. The van der Waals surface area contributed by atoms with E-state index < -0.39 is 0 Å². The molecule has 0 unspecified atom stereocenters. The second kappa shape index (κ2) is 7.79. The Hall–Kier alpha value is -2.53. The molecule has 6 heteroatoms. The first-order valence-corrected chi connectivity index (χ1v) is 8.90. The van der Waals surface area contributed by atoms with Gasteiger partial charge in [0.25, 0.3) is 0 Å². The van der Waals surface area contributed by atoms with E-state index in [0.717, 1.165) is 5.56 Å². The van der Waals surface area contributed by atoms with E-state index in [1.807, 2.05) is 44.2 Å². The highest BCUT2D eigenvalue weighted by Crippen LogP contribution is 2.34. The number of ether oxygens (including phenoxy) is 1.